The molecule has 0 saturated heterocycles. The molecule has 6 nitrogen and oxygen atoms in total. The average Bonchev–Trinajstić information content (AvgIpc) is 2.68. The summed E-state index contributed by atoms with van der Waals surface area (Å²) in [4.78, 5) is 10.2. The molecule has 0 saturated carbocycles. The summed E-state index contributed by atoms with van der Waals surface area (Å²) in [6.07, 6.45) is 0. The topological polar surface area (TPSA) is 77.1 Å². The largest absolute Gasteiger partial charge is 0.489 e. The molecule has 0 aromatic heterocycles. The minimum absolute atomic E-state index is 0.0286. The first-order chi connectivity index (χ1) is 13.0. The maximum absolute atomic E-state index is 10.7. The van der Waals surface area contributed by atoms with E-state index in [0.717, 1.165) is 28.1 Å². The van der Waals surface area contributed by atoms with Crippen LogP contribution in [-0.2, 0) is 6.61 Å². The molecule has 0 fully saturated rings. The fourth-order valence-corrected chi connectivity index (χ4v) is 2.53. The Morgan fingerprint density at radius 2 is 1.63 bits per heavy atom. The van der Waals surface area contributed by atoms with Crippen LogP contribution in [0.5, 0.6) is 5.75 Å². The van der Waals surface area contributed by atoms with Gasteiger partial charge in [0.15, 0.2) is 0 Å². The molecule has 136 valence electrons. The molecule has 0 amide bonds. The highest BCUT2D eigenvalue weighted by Gasteiger charge is 2.07. The standard InChI is InChI=1S/C21H19N3O3/c1-15-13-21(27-14-17-6-4-3-5-7-17)16(2)12-20(15)23-22-18-8-10-19(11-9-18)24(25)26/h3-13H,14H2,1-2H3. The van der Waals surface area contributed by atoms with Crippen LogP contribution < -0.4 is 4.74 Å². The molecule has 3 aromatic rings. The lowest BCUT2D eigenvalue weighted by Crippen LogP contribution is -1.97. The Hall–Kier alpha value is -3.54. The second-order valence-electron chi connectivity index (χ2n) is 6.15. The van der Waals surface area contributed by atoms with Gasteiger partial charge in [0.05, 0.1) is 16.3 Å². The number of aryl methyl sites for hydroxylation is 2. The van der Waals surface area contributed by atoms with Crippen molar-refractivity contribution in [2.75, 3.05) is 0 Å². The zero-order valence-electron chi connectivity index (χ0n) is 15.1. The summed E-state index contributed by atoms with van der Waals surface area (Å²) in [7, 11) is 0. The van der Waals surface area contributed by atoms with E-state index in [2.05, 4.69) is 10.2 Å². The Morgan fingerprint density at radius 3 is 2.30 bits per heavy atom. The minimum Gasteiger partial charge on any atom is -0.489 e. The molecular weight excluding hydrogens is 342 g/mol. The van der Waals surface area contributed by atoms with E-state index in [9.17, 15) is 10.1 Å². The fraction of sp³-hybridized carbons (Fsp3) is 0.143. The number of nitro benzene ring substituents is 1. The van der Waals surface area contributed by atoms with Crippen molar-refractivity contribution in [1.82, 2.24) is 0 Å². The van der Waals surface area contributed by atoms with E-state index in [4.69, 9.17) is 4.74 Å². The SMILES string of the molecule is Cc1cc(OCc2ccccc2)c(C)cc1N=Nc1ccc([N+](=O)[O-])cc1. The molecule has 27 heavy (non-hydrogen) atoms. The van der Waals surface area contributed by atoms with Gasteiger partial charge in [-0.2, -0.15) is 10.2 Å². The van der Waals surface area contributed by atoms with Crippen LogP contribution in [-0.4, -0.2) is 4.92 Å². The fourth-order valence-electron chi connectivity index (χ4n) is 2.53. The first-order valence-electron chi connectivity index (χ1n) is 8.47. The predicted octanol–water partition coefficient (Wildman–Crippen LogP) is 6.21. The third-order valence-electron chi connectivity index (χ3n) is 4.06. The third kappa shape index (κ3) is 4.76. The second kappa shape index (κ2) is 8.23. The highest BCUT2D eigenvalue weighted by atomic mass is 16.6. The molecule has 0 aliphatic carbocycles. The van der Waals surface area contributed by atoms with Crippen LogP contribution in [0.3, 0.4) is 0 Å². The Labute approximate surface area is 157 Å². The number of azo groups is 1. The van der Waals surface area contributed by atoms with Crippen molar-refractivity contribution >= 4 is 17.1 Å². The zero-order chi connectivity index (χ0) is 19.2. The van der Waals surface area contributed by atoms with Gasteiger partial charge < -0.3 is 4.74 Å². The lowest BCUT2D eigenvalue weighted by atomic mass is 10.1. The van der Waals surface area contributed by atoms with Crippen LogP contribution in [0, 0.1) is 24.0 Å². The lowest BCUT2D eigenvalue weighted by Gasteiger charge is -2.11. The maximum Gasteiger partial charge on any atom is 0.269 e. The van der Waals surface area contributed by atoms with Crippen molar-refractivity contribution in [2.45, 2.75) is 20.5 Å². The van der Waals surface area contributed by atoms with Gasteiger partial charge in [-0.15, -0.1) is 0 Å². The molecule has 0 aliphatic heterocycles. The number of benzene rings is 3. The summed E-state index contributed by atoms with van der Waals surface area (Å²) in [5.41, 5.74) is 4.33. The number of hydrogen-bond donors (Lipinski definition) is 0. The van der Waals surface area contributed by atoms with E-state index in [1.54, 1.807) is 12.1 Å². The maximum atomic E-state index is 10.7. The number of non-ortho nitro benzene ring substituents is 1. The summed E-state index contributed by atoms with van der Waals surface area (Å²) in [6, 6.07) is 19.8. The smallest absolute Gasteiger partial charge is 0.269 e. The van der Waals surface area contributed by atoms with Crippen LogP contribution in [0.15, 0.2) is 77.0 Å². The molecular formula is C21H19N3O3. The molecule has 0 heterocycles. The third-order valence-corrected chi connectivity index (χ3v) is 4.06. The highest BCUT2D eigenvalue weighted by molar-refractivity contribution is 5.53. The molecule has 0 atom stereocenters. The van der Waals surface area contributed by atoms with E-state index >= 15 is 0 Å². The number of ether oxygens (including phenoxy) is 1. The van der Waals surface area contributed by atoms with Gasteiger partial charge in [0, 0.05) is 12.1 Å². The van der Waals surface area contributed by atoms with Crippen LogP contribution in [0.2, 0.25) is 0 Å². The molecule has 0 bridgehead atoms. The quantitative estimate of drug-likeness (QED) is 0.298. The van der Waals surface area contributed by atoms with Gasteiger partial charge in [-0.25, -0.2) is 0 Å². The molecule has 6 heteroatoms. The first-order valence-corrected chi connectivity index (χ1v) is 8.47. The zero-order valence-corrected chi connectivity index (χ0v) is 15.1. The number of nitrogens with zero attached hydrogens (tertiary/aromatic N) is 3. The normalized spacial score (nSPS) is 10.9. The van der Waals surface area contributed by atoms with Crippen LogP contribution in [0.25, 0.3) is 0 Å². The molecule has 0 N–H and O–H groups in total. The van der Waals surface area contributed by atoms with Gasteiger partial charge in [-0.1, -0.05) is 30.3 Å². The van der Waals surface area contributed by atoms with Gasteiger partial charge in [-0.05, 0) is 54.8 Å². The molecule has 0 aliphatic rings. The molecule has 3 aromatic carbocycles. The van der Waals surface area contributed by atoms with E-state index < -0.39 is 4.92 Å². The lowest BCUT2D eigenvalue weighted by molar-refractivity contribution is -0.384. The van der Waals surface area contributed by atoms with Crippen LogP contribution >= 0.6 is 0 Å². The van der Waals surface area contributed by atoms with E-state index in [0.29, 0.717) is 12.3 Å². The summed E-state index contributed by atoms with van der Waals surface area (Å²) in [5, 5.41) is 19.1. The van der Waals surface area contributed by atoms with E-state index in [1.807, 2.05) is 56.3 Å². The average molecular weight is 361 g/mol. The Balaban J connectivity index is 1.73. The van der Waals surface area contributed by atoms with Crippen molar-refractivity contribution < 1.29 is 9.66 Å². The summed E-state index contributed by atoms with van der Waals surface area (Å²) < 4.78 is 5.92. The van der Waals surface area contributed by atoms with Crippen LogP contribution in [0.1, 0.15) is 16.7 Å². The van der Waals surface area contributed by atoms with E-state index in [-0.39, 0.29) is 5.69 Å². The summed E-state index contributed by atoms with van der Waals surface area (Å²) in [5.74, 6) is 0.811. The van der Waals surface area contributed by atoms with Crippen molar-refractivity contribution in [1.29, 1.82) is 0 Å². The predicted molar refractivity (Wildman–Crippen MR) is 104 cm³/mol. The first kappa shape index (κ1) is 18.3. The Bertz CT molecular complexity index is 968. The molecule has 3 rings (SSSR count). The number of nitro groups is 1. The molecule has 0 radical (unpaired) electrons. The molecule has 0 spiro atoms. The van der Waals surface area contributed by atoms with Crippen molar-refractivity contribution in [3.8, 4) is 5.75 Å². The number of rotatable bonds is 6. The second-order valence-corrected chi connectivity index (χ2v) is 6.15. The Kier molecular flexibility index (Phi) is 5.56. The van der Waals surface area contributed by atoms with Gasteiger partial charge in [-0.3, -0.25) is 10.1 Å². The summed E-state index contributed by atoms with van der Waals surface area (Å²) in [6.45, 7) is 4.41. The van der Waals surface area contributed by atoms with Crippen molar-refractivity contribution in [3.05, 3.63) is 93.5 Å². The highest BCUT2D eigenvalue weighted by Crippen LogP contribution is 2.30. The van der Waals surface area contributed by atoms with Gasteiger partial charge in [0.25, 0.3) is 5.69 Å². The van der Waals surface area contributed by atoms with Gasteiger partial charge in [0.2, 0.25) is 0 Å². The van der Waals surface area contributed by atoms with E-state index in [1.165, 1.54) is 12.1 Å². The number of hydrogen-bond acceptors (Lipinski definition) is 5. The Morgan fingerprint density at radius 1 is 0.926 bits per heavy atom. The van der Waals surface area contributed by atoms with Crippen molar-refractivity contribution in [3.63, 3.8) is 0 Å². The summed E-state index contributed by atoms with van der Waals surface area (Å²) >= 11 is 0. The van der Waals surface area contributed by atoms with Gasteiger partial charge >= 0.3 is 0 Å². The monoisotopic (exact) mass is 361 g/mol. The van der Waals surface area contributed by atoms with Crippen LogP contribution in [0.4, 0.5) is 17.1 Å². The van der Waals surface area contributed by atoms with Crippen molar-refractivity contribution in [2.24, 2.45) is 10.2 Å². The van der Waals surface area contributed by atoms with Gasteiger partial charge in [0.1, 0.15) is 12.4 Å². The minimum atomic E-state index is -0.442. The molecule has 0 unspecified atom stereocenters.